The number of aromatic carboxylic acids is 1. The second-order valence-corrected chi connectivity index (χ2v) is 2.61. The molecule has 0 spiro atoms. The third-order valence-corrected chi connectivity index (χ3v) is 1.75. The Labute approximate surface area is 89.2 Å². The summed E-state index contributed by atoms with van der Waals surface area (Å²) < 4.78 is 8.65. The third-order valence-electron chi connectivity index (χ3n) is 1.75. The lowest BCUT2D eigenvalue weighted by Gasteiger charge is -1.98. The number of carbonyl (C=O) groups is 3. The Morgan fingerprint density at radius 1 is 1.19 bits per heavy atom. The number of ether oxygens (including phenoxy) is 2. The molecule has 0 radical (unpaired) electrons. The zero-order chi connectivity index (χ0) is 12.3. The highest BCUT2D eigenvalue weighted by Crippen LogP contribution is 2.13. The molecule has 0 aliphatic carbocycles. The monoisotopic (exact) mass is 228 g/mol. The molecule has 1 aromatic heterocycles. The Balaban J connectivity index is 3.33. The number of carboxylic acids is 1. The molecule has 0 unspecified atom stereocenters. The summed E-state index contributed by atoms with van der Waals surface area (Å²) in [5.74, 6) is -3.36. The number of aromatic nitrogens is 2. The predicted molar refractivity (Wildman–Crippen MR) is 48.2 cm³/mol. The van der Waals surface area contributed by atoms with Crippen LogP contribution in [0, 0.1) is 0 Å². The van der Waals surface area contributed by atoms with Gasteiger partial charge in [-0.25, -0.2) is 14.4 Å². The zero-order valence-corrected chi connectivity index (χ0v) is 8.44. The van der Waals surface area contributed by atoms with Crippen molar-refractivity contribution in [2.45, 2.75) is 0 Å². The van der Waals surface area contributed by atoms with Crippen molar-refractivity contribution in [3.63, 3.8) is 0 Å². The number of aromatic amines is 1. The summed E-state index contributed by atoms with van der Waals surface area (Å²) in [6.45, 7) is 0. The Hall–Kier alpha value is -2.38. The Bertz CT molecular complexity index is 416. The molecule has 1 rings (SSSR count). The van der Waals surface area contributed by atoms with E-state index in [-0.39, 0.29) is 0 Å². The van der Waals surface area contributed by atoms with Gasteiger partial charge in [0.15, 0.2) is 11.4 Å². The highest BCUT2D eigenvalue weighted by Gasteiger charge is 2.29. The van der Waals surface area contributed by atoms with Crippen LogP contribution in [-0.2, 0) is 9.47 Å². The minimum Gasteiger partial charge on any atom is -0.478 e. The topological polar surface area (TPSA) is 119 Å². The minimum atomic E-state index is -1.48. The number of esters is 2. The van der Waals surface area contributed by atoms with Gasteiger partial charge in [-0.1, -0.05) is 0 Å². The summed E-state index contributed by atoms with van der Waals surface area (Å²) >= 11 is 0. The molecule has 0 fully saturated rings. The van der Waals surface area contributed by atoms with E-state index < -0.39 is 34.9 Å². The van der Waals surface area contributed by atoms with Gasteiger partial charge in [0, 0.05) is 0 Å². The summed E-state index contributed by atoms with van der Waals surface area (Å²) in [5, 5.41) is 14.4. The van der Waals surface area contributed by atoms with Gasteiger partial charge in [0.05, 0.1) is 14.2 Å². The number of H-pyrrole nitrogens is 1. The highest BCUT2D eigenvalue weighted by atomic mass is 16.5. The van der Waals surface area contributed by atoms with E-state index in [9.17, 15) is 14.4 Å². The maximum absolute atomic E-state index is 11.2. The first-order chi connectivity index (χ1) is 7.52. The Morgan fingerprint density at radius 2 is 1.75 bits per heavy atom. The second kappa shape index (κ2) is 4.43. The maximum atomic E-state index is 11.2. The van der Waals surface area contributed by atoms with Crippen molar-refractivity contribution in [1.29, 1.82) is 0 Å². The molecule has 0 bridgehead atoms. The van der Waals surface area contributed by atoms with E-state index in [1.54, 1.807) is 0 Å². The summed E-state index contributed by atoms with van der Waals surface area (Å²) in [7, 11) is 2.15. The third kappa shape index (κ3) is 1.85. The first-order valence-corrected chi connectivity index (χ1v) is 4.01. The average molecular weight is 228 g/mol. The number of hydrogen-bond donors (Lipinski definition) is 2. The molecule has 0 atom stereocenters. The standard InChI is InChI=1S/C8H8N2O6/c1-15-7(13)4-3(6(11)12)5(10-9-4)8(14)16-2/h1-2H3,(H,9,10)(H,11,12). The van der Waals surface area contributed by atoms with Gasteiger partial charge in [0.1, 0.15) is 5.56 Å². The van der Waals surface area contributed by atoms with E-state index in [1.165, 1.54) is 0 Å². The van der Waals surface area contributed by atoms with Crippen molar-refractivity contribution in [3.05, 3.63) is 17.0 Å². The number of nitrogens with one attached hydrogen (secondary N) is 1. The van der Waals surface area contributed by atoms with Crippen LogP contribution in [0.3, 0.4) is 0 Å². The number of methoxy groups -OCH3 is 2. The van der Waals surface area contributed by atoms with Crippen LogP contribution in [0.1, 0.15) is 31.3 Å². The van der Waals surface area contributed by atoms with Crippen LogP contribution in [-0.4, -0.2) is 47.4 Å². The SMILES string of the molecule is COC(=O)c1n[nH]c(C(=O)OC)c1C(=O)O. The lowest BCUT2D eigenvalue weighted by atomic mass is 10.2. The van der Waals surface area contributed by atoms with Gasteiger partial charge in [-0.05, 0) is 0 Å². The van der Waals surface area contributed by atoms with Crippen molar-refractivity contribution in [3.8, 4) is 0 Å². The Kier molecular flexibility index (Phi) is 3.24. The van der Waals surface area contributed by atoms with E-state index in [0.717, 1.165) is 14.2 Å². The van der Waals surface area contributed by atoms with E-state index in [1.807, 2.05) is 0 Å². The van der Waals surface area contributed by atoms with Crippen LogP contribution in [0.2, 0.25) is 0 Å². The first kappa shape index (κ1) is 11.7. The average Bonchev–Trinajstić information content (AvgIpc) is 2.71. The number of carbonyl (C=O) groups excluding carboxylic acids is 2. The van der Waals surface area contributed by atoms with Crippen LogP contribution < -0.4 is 0 Å². The number of hydrogen-bond acceptors (Lipinski definition) is 6. The molecule has 0 aliphatic rings. The van der Waals surface area contributed by atoms with Crippen molar-refractivity contribution < 1.29 is 29.0 Å². The van der Waals surface area contributed by atoms with Crippen molar-refractivity contribution in [2.24, 2.45) is 0 Å². The van der Waals surface area contributed by atoms with Crippen molar-refractivity contribution >= 4 is 17.9 Å². The zero-order valence-electron chi connectivity index (χ0n) is 8.44. The summed E-state index contributed by atoms with van der Waals surface area (Å²) in [6, 6.07) is 0. The van der Waals surface area contributed by atoms with Gasteiger partial charge < -0.3 is 14.6 Å². The molecular formula is C8H8N2O6. The normalized spacial score (nSPS) is 9.62. The van der Waals surface area contributed by atoms with Gasteiger partial charge >= 0.3 is 17.9 Å². The van der Waals surface area contributed by atoms with Gasteiger partial charge in [-0.15, -0.1) is 0 Å². The molecule has 0 saturated heterocycles. The molecule has 0 amide bonds. The van der Waals surface area contributed by atoms with Crippen LogP contribution in [0.15, 0.2) is 0 Å². The van der Waals surface area contributed by atoms with Gasteiger partial charge in [0.25, 0.3) is 0 Å². The lowest BCUT2D eigenvalue weighted by molar-refractivity contribution is 0.0567. The molecule has 0 aromatic carbocycles. The summed E-state index contributed by atoms with van der Waals surface area (Å²) in [5.41, 5.74) is -1.45. The van der Waals surface area contributed by atoms with E-state index >= 15 is 0 Å². The fourth-order valence-corrected chi connectivity index (χ4v) is 1.04. The number of nitrogens with zero attached hydrogens (tertiary/aromatic N) is 1. The fraction of sp³-hybridized carbons (Fsp3) is 0.250. The molecule has 86 valence electrons. The quantitative estimate of drug-likeness (QED) is 0.680. The maximum Gasteiger partial charge on any atom is 0.359 e. The lowest BCUT2D eigenvalue weighted by Crippen LogP contribution is -2.13. The van der Waals surface area contributed by atoms with Gasteiger partial charge in [-0.2, -0.15) is 5.10 Å². The van der Waals surface area contributed by atoms with Crippen LogP contribution in [0.25, 0.3) is 0 Å². The van der Waals surface area contributed by atoms with Crippen LogP contribution >= 0.6 is 0 Å². The Morgan fingerprint density at radius 3 is 2.19 bits per heavy atom. The van der Waals surface area contributed by atoms with E-state index in [0.29, 0.717) is 0 Å². The number of carboxylic acid groups (broad SMARTS) is 1. The largest absolute Gasteiger partial charge is 0.478 e. The summed E-state index contributed by atoms with van der Waals surface area (Å²) in [4.78, 5) is 33.2. The highest BCUT2D eigenvalue weighted by molar-refractivity contribution is 6.08. The number of rotatable bonds is 3. The molecule has 16 heavy (non-hydrogen) atoms. The fourth-order valence-electron chi connectivity index (χ4n) is 1.04. The molecule has 8 nitrogen and oxygen atoms in total. The molecule has 1 heterocycles. The summed E-state index contributed by atoms with van der Waals surface area (Å²) in [6.07, 6.45) is 0. The molecule has 8 heteroatoms. The van der Waals surface area contributed by atoms with Gasteiger partial charge in [-0.3, -0.25) is 5.10 Å². The molecule has 1 aromatic rings. The van der Waals surface area contributed by atoms with Gasteiger partial charge in [0.2, 0.25) is 0 Å². The van der Waals surface area contributed by atoms with Crippen LogP contribution in [0.4, 0.5) is 0 Å². The van der Waals surface area contributed by atoms with E-state index in [2.05, 4.69) is 19.7 Å². The van der Waals surface area contributed by atoms with Crippen molar-refractivity contribution in [1.82, 2.24) is 10.2 Å². The molecule has 2 N–H and O–H groups in total. The van der Waals surface area contributed by atoms with Crippen LogP contribution in [0.5, 0.6) is 0 Å². The van der Waals surface area contributed by atoms with E-state index in [4.69, 9.17) is 5.11 Å². The molecule has 0 aliphatic heterocycles. The first-order valence-electron chi connectivity index (χ1n) is 4.01. The molecular weight excluding hydrogens is 220 g/mol. The molecule has 0 saturated carbocycles. The predicted octanol–water partition coefficient (Wildman–Crippen LogP) is -0.319. The minimum absolute atomic E-state index is 0.407. The second-order valence-electron chi connectivity index (χ2n) is 2.61. The smallest absolute Gasteiger partial charge is 0.359 e. The van der Waals surface area contributed by atoms with Crippen molar-refractivity contribution in [2.75, 3.05) is 14.2 Å².